The highest BCUT2D eigenvalue weighted by atomic mass is 16.6. The van der Waals surface area contributed by atoms with Crippen LogP contribution < -0.4 is 0 Å². The Kier molecular flexibility index (Phi) is 5.36. The fraction of sp³-hybridized carbons (Fsp3) is 0.429. The molecule has 4 nitrogen and oxygen atoms in total. The van der Waals surface area contributed by atoms with Crippen LogP contribution in [0.4, 0.5) is 0 Å². The molecule has 4 heteroatoms. The van der Waals surface area contributed by atoms with Crippen molar-refractivity contribution in [3.05, 3.63) is 35.4 Å². The smallest absolute Gasteiger partial charge is 0.344 e. The van der Waals surface area contributed by atoms with Gasteiger partial charge in [0.2, 0.25) is 0 Å². The third-order valence-corrected chi connectivity index (χ3v) is 2.88. The van der Waals surface area contributed by atoms with Gasteiger partial charge in [-0.3, -0.25) is 0 Å². The van der Waals surface area contributed by atoms with Crippen LogP contribution in [0.3, 0.4) is 0 Å². The molecule has 0 aliphatic rings. The van der Waals surface area contributed by atoms with Crippen molar-refractivity contribution in [1.29, 1.82) is 0 Å². The monoisotopic (exact) mass is 250 g/mol. The van der Waals surface area contributed by atoms with E-state index < -0.39 is 11.9 Å². The van der Waals surface area contributed by atoms with Crippen LogP contribution in [0, 0.1) is 0 Å². The lowest BCUT2D eigenvalue weighted by Gasteiger charge is -2.09. The summed E-state index contributed by atoms with van der Waals surface area (Å²) in [5.41, 5.74) is 1.62. The number of rotatable bonds is 5. The molecule has 1 rings (SSSR count). The normalized spacial score (nSPS) is 11.7. The Bertz CT molecular complexity index is 408. The maximum atomic E-state index is 11.6. The molecule has 0 bridgehead atoms. The topological polar surface area (TPSA) is 52.6 Å². The summed E-state index contributed by atoms with van der Waals surface area (Å²) in [5, 5.41) is 0. The zero-order chi connectivity index (χ0) is 13.5. The Morgan fingerprint density at radius 2 is 1.83 bits per heavy atom. The van der Waals surface area contributed by atoms with Crippen molar-refractivity contribution in [2.45, 2.75) is 26.2 Å². The van der Waals surface area contributed by atoms with E-state index in [0.29, 0.717) is 11.5 Å². The number of benzene rings is 1. The molecule has 0 amide bonds. The van der Waals surface area contributed by atoms with Gasteiger partial charge in [0.25, 0.3) is 0 Å². The Hall–Kier alpha value is -1.84. The summed E-state index contributed by atoms with van der Waals surface area (Å²) in [6.07, 6.45) is 1.05. The van der Waals surface area contributed by atoms with Crippen molar-refractivity contribution in [3.63, 3.8) is 0 Å². The Labute approximate surface area is 107 Å². The van der Waals surface area contributed by atoms with Crippen molar-refractivity contribution < 1.29 is 19.1 Å². The molecule has 0 heterocycles. The first-order chi connectivity index (χ1) is 8.58. The molecule has 1 unspecified atom stereocenters. The van der Waals surface area contributed by atoms with Crippen molar-refractivity contribution in [1.82, 2.24) is 0 Å². The fourth-order valence-corrected chi connectivity index (χ4v) is 1.45. The second-order valence-electron chi connectivity index (χ2n) is 4.08. The summed E-state index contributed by atoms with van der Waals surface area (Å²) in [6.45, 7) is 3.89. The van der Waals surface area contributed by atoms with Gasteiger partial charge in [0, 0.05) is 0 Å². The second kappa shape index (κ2) is 6.79. The summed E-state index contributed by atoms with van der Waals surface area (Å²) < 4.78 is 9.18. The van der Waals surface area contributed by atoms with E-state index in [9.17, 15) is 9.59 Å². The second-order valence-corrected chi connectivity index (χ2v) is 4.08. The van der Waals surface area contributed by atoms with Crippen molar-refractivity contribution in [2.24, 2.45) is 0 Å². The third-order valence-electron chi connectivity index (χ3n) is 2.88. The molecular weight excluding hydrogens is 232 g/mol. The van der Waals surface area contributed by atoms with Crippen LogP contribution in [0.25, 0.3) is 0 Å². The van der Waals surface area contributed by atoms with Crippen LogP contribution in [0.5, 0.6) is 0 Å². The number of esters is 2. The first-order valence-corrected chi connectivity index (χ1v) is 5.92. The predicted octanol–water partition coefficient (Wildman–Crippen LogP) is 2.53. The van der Waals surface area contributed by atoms with Gasteiger partial charge in [-0.05, 0) is 30.0 Å². The molecule has 1 aromatic carbocycles. The SMILES string of the molecule is CCC(C)c1ccc(C(=O)OCC(=O)OC)cc1. The van der Waals surface area contributed by atoms with Crippen LogP contribution in [0.15, 0.2) is 24.3 Å². The Morgan fingerprint density at radius 1 is 1.22 bits per heavy atom. The molecule has 0 saturated carbocycles. The maximum absolute atomic E-state index is 11.6. The first kappa shape index (κ1) is 14.2. The zero-order valence-electron chi connectivity index (χ0n) is 10.9. The summed E-state index contributed by atoms with van der Waals surface area (Å²) in [4.78, 5) is 22.4. The number of methoxy groups -OCH3 is 1. The van der Waals surface area contributed by atoms with E-state index in [-0.39, 0.29) is 6.61 Å². The summed E-state index contributed by atoms with van der Waals surface area (Å²) in [5.74, 6) is -0.624. The maximum Gasteiger partial charge on any atom is 0.344 e. The quantitative estimate of drug-likeness (QED) is 0.753. The minimum absolute atomic E-state index is 0.359. The zero-order valence-corrected chi connectivity index (χ0v) is 10.9. The summed E-state index contributed by atoms with van der Waals surface area (Å²) in [7, 11) is 1.25. The number of hydrogen-bond donors (Lipinski definition) is 0. The van der Waals surface area contributed by atoms with Crippen molar-refractivity contribution in [2.75, 3.05) is 13.7 Å². The van der Waals surface area contributed by atoms with E-state index in [4.69, 9.17) is 4.74 Å². The van der Waals surface area contributed by atoms with Gasteiger partial charge in [-0.15, -0.1) is 0 Å². The van der Waals surface area contributed by atoms with E-state index >= 15 is 0 Å². The van der Waals surface area contributed by atoms with E-state index in [0.717, 1.165) is 6.42 Å². The lowest BCUT2D eigenvalue weighted by atomic mass is 9.98. The van der Waals surface area contributed by atoms with E-state index in [1.807, 2.05) is 12.1 Å². The molecule has 0 fully saturated rings. The largest absolute Gasteiger partial charge is 0.466 e. The van der Waals surface area contributed by atoms with Crippen molar-refractivity contribution in [3.8, 4) is 0 Å². The number of carbonyl (C=O) groups excluding carboxylic acids is 2. The van der Waals surface area contributed by atoms with Gasteiger partial charge in [0.1, 0.15) is 0 Å². The van der Waals surface area contributed by atoms with Gasteiger partial charge in [0.15, 0.2) is 6.61 Å². The van der Waals surface area contributed by atoms with Gasteiger partial charge in [-0.2, -0.15) is 0 Å². The molecule has 0 saturated heterocycles. The Morgan fingerprint density at radius 3 is 2.33 bits per heavy atom. The molecule has 0 N–H and O–H groups in total. The summed E-state index contributed by atoms with van der Waals surface area (Å²) in [6, 6.07) is 7.23. The molecule has 98 valence electrons. The minimum Gasteiger partial charge on any atom is -0.466 e. The van der Waals surface area contributed by atoms with Gasteiger partial charge in [0.05, 0.1) is 12.7 Å². The van der Waals surface area contributed by atoms with Crippen LogP contribution in [0.2, 0.25) is 0 Å². The molecule has 0 aliphatic carbocycles. The molecule has 1 atom stereocenters. The number of hydrogen-bond acceptors (Lipinski definition) is 4. The average Bonchev–Trinajstić information content (AvgIpc) is 2.43. The van der Waals surface area contributed by atoms with Gasteiger partial charge in [-0.25, -0.2) is 9.59 Å². The molecule has 0 spiro atoms. The highest BCUT2D eigenvalue weighted by molar-refractivity contribution is 5.90. The third kappa shape index (κ3) is 3.87. The Balaban J connectivity index is 2.62. The van der Waals surface area contributed by atoms with Crippen LogP contribution in [-0.2, 0) is 14.3 Å². The first-order valence-electron chi connectivity index (χ1n) is 5.92. The molecule has 0 aromatic heterocycles. The van der Waals surface area contributed by atoms with Crippen LogP contribution in [-0.4, -0.2) is 25.7 Å². The molecule has 1 aromatic rings. The number of carbonyl (C=O) groups is 2. The minimum atomic E-state index is -0.570. The van der Waals surface area contributed by atoms with Gasteiger partial charge >= 0.3 is 11.9 Å². The van der Waals surface area contributed by atoms with E-state index in [1.165, 1.54) is 12.7 Å². The molecule has 18 heavy (non-hydrogen) atoms. The number of ether oxygens (including phenoxy) is 2. The van der Waals surface area contributed by atoms with Gasteiger partial charge in [-0.1, -0.05) is 26.0 Å². The lowest BCUT2D eigenvalue weighted by Crippen LogP contribution is -2.15. The summed E-state index contributed by atoms with van der Waals surface area (Å²) >= 11 is 0. The molecular formula is C14H18O4. The predicted molar refractivity (Wildman–Crippen MR) is 67.4 cm³/mol. The van der Waals surface area contributed by atoms with E-state index in [1.54, 1.807) is 12.1 Å². The molecule has 0 radical (unpaired) electrons. The van der Waals surface area contributed by atoms with Crippen LogP contribution in [0.1, 0.15) is 42.1 Å². The van der Waals surface area contributed by atoms with Gasteiger partial charge < -0.3 is 9.47 Å². The molecule has 0 aliphatic heterocycles. The highest BCUT2D eigenvalue weighted by Gasteiger charge is 2.11. The fourth-order valence-electron chi connectivity index (χ4n) is 1.45. The van der Waals surface area contributed by atoms with Crippen molar-refractivity contribution >= 4 is 11.9 Å². The highest BCUT2D eigenvalue weighted by Crippen LogP contribution is 2.18. The van der Waals surface area contributed by atoms with Crippen LogP contribution >= 0.6 is 0 Å². The lowest BCUT2D eigenvalue weighted by molar-refractivity contribution is -0.144. The van der Waals surface area contributed by atoms with E-state index in [2.05, 4.69) is 18.6 Å². The average molecular weight is 250 g/mol. The standard InChI is InChI=1S/C14H18O4/c1-4-10(2)11-5-7-12(8-6-11)14(16)18-9-13(15)17-3/h5-8,10H,4,9H2,1-3H3.